The Balaban J connectivity index is 1.61. The van der Waals surface area contributed by atoms with Crippen LogP contribution >= 0.6 is 11.8 Å². The van der Waals surface area contributed by atoms with Crippen LogP contribution in [0.1, 0.15) is 32.1 Å². The number of nitrogens with one attached hydrogen (secondary N) is 1. The number of anilines is 1. The molecule has 1 N–H and O–H groups in total. The van der Waals surface area contributed by atoms with Gasteiger partial charge in [0.15, 0.2) is 0 Å². The Hall–Kier alpha value is -2.87. The third-order valence-electron chi connectivity index (χ3n) is 6.56. The number of likely N-dealkylation sites (tertiary alicyclic amines) is 1. The van der Waals surface area contributed by atoms with Crippen molar-refractivity contribution in [1.82, 2.24) is 9.88 Å². The Morgan fingerprint density at radius 1 is 1.12 bits per heavy atom. The van der Waals surface area contributed by atoms with Gasteiger partial charge in [0, 0.05) is 12.4 Å². The van der Waals surface area contributed by atoms with Crippen LogP contribution in [0, 0.1) is 11.8 Å². The van der Waals surface area contributed by atoms with E-state index in [1.807, 2.05) is 30.5 Å². The molecule has 7 nitrogen and oxygen atoms in total. The van der Waals surface area contributed by atoms with Gasteiger partial charge < -0.3 is 10.1 Å². The summed E-state index contributed by atoms with van der Waals surface area (Å²) in [5, 5.41) is 2.95. The second-order valence-corrected chi connectivity index (χ2v) is 9.47. The van der Waals surface area contributed by atoms with E-state index in [0.29, 0.717) is 23.6 Å². The highest BCUT2D eigenvalue weighted by Crippen LogP contribution is 2.40. The minimum atomic E-state index is -0.836. The third kappa shape index (κ3) is 4.76. The van der Waals surface area contributed by atoms with Crippen LogP contribution in [0.5, 0.6) is 5.75 Å². The van der Waals surface area contributed by atoms with Crippen molar-refractivity contribution in [2.45, 2.75) is 38.1 Å². The fourth-order valence-corrected chi connectivity index (χ4v) is 5.31. The minimum Gasteiger partial charge on any atom is -0.495 e. The molecule has 2 heterocycles. The molecular weight excluding hydrogens is 438 g/mol. The van der Waals surface area contributed by atoms with E-state index in [2.05, 4.69) is 10.3 Å². The molecule has 3 unspecified atom stereocenters. The van der Waals surface area contributed by atoms with Gasteiger partial charge >= 0.3 is 0 Å². The van der Waals surface area contributed by atoms with Crippen LogP contribution in [0.25, 0.3) is 11.1 Å². The highest BCUT2D eigenvalue weighted by molar-refractivity contribution is 7.98. The fraction of sp³-hybridized carbons (Fsp3) is 0.440. The van der Waals surface area contributed by atoms with Crippen LogP contribution in [-0.4, -0.2) is 52.8 Å². The number of benzene rings is 1. The van der Waals surface area contributed by atoms with Crippen molar-refractivity contribution in [3.8, 4) is 16.9 Å². The van der Waals surface area contributed by atoms with Crippen LogP contribution in [0.3, 0.4) is 0 Å². The zero-order valence-corrected chi connectivity index (χ0v) is 19.8. The summed E-state index contributed by atoms with van der Waals surface area (Å²) >= 11 is 1.59. The summed E-state index contributed by atoms with van der Waals surface area (Å²) in [5.41, 5.74) is 2.35. The molecule has 4 rings (SSSR count). The number of nitrogens with zero attached hydrogens (tertiary/aromatic N) is 2. The van der Waals surface area contributed by atoms with Gasteiger partial charge in [-0.2, -0.15) is 11.8 Å². The van der Waals surface area contributed by atoms with Crippen molar-refractivity contribution in [3.05, 3.63) is 42.7 Å². The molecule has 1 aliphatic carbocycles. The molecule has 2 fully saturated rings. The smallest absolute Gasteiger partial charge is 0.247 e. The van der Waals surface area contributed by atoms with E-state index in [0.717, 1.165) is 36.8 Å². The fourth-order valence-electron chi connectivity index (χ4n) is 4.85. The molecule has 3 atom stereocenters. The van der Waals surface area contributed by atoms with Crippen LogP contribution in [-0.2, 0) is 14.4 Å². The van der Waals surface area contributed by atoms with Gasteiger partial charge in [-0.05, 0) is 66.7 Å². The Morgan fingerprint density at radius 3 is 2.39 bits per heavy atom. The lowest BCUT2D eigenvalue weighted by Gasteiger charge is -2.26. The summed E-state index contributed by atoms with van der Waals surface area (Å²) in [4.78, 5) is 45.1. The van der Waals surface area contributed by atoms with E-state index in [1.54, 1.807) is 37.3 Å². The van der Waals surface area contributed by atoms with Crippen LogP contribution in [0.15, 0.2) is 42.7 Å². The summed E-state index contributed by atoms with van der Waals surface area (Å²) < 4.78 is 5.46. The van der Waals surface area contributed by atoms with Crippen molar-refractivity contribution in [2.75, 3.05) is 24.4 Å². The number of carbonyl (C=O) groups excluding carboxylic acids is 3. The van der Waals surface area contributed by atoms with Gasteiger partial charge in [0.05, 0.1) is 24.6 Å². The van der Waals surface area contributed by atoms with Crippen LogP contribution < -0.4 is 10.1 Å². The second-order valence-electron chi connectivity index (χ2n) is 8.48. The number of aromatic nitrogens is 1. The predicted molar refractivity (Wildman–Crippen MR) is 129 cm³/mol. The van der Waals surface area contributed by atoms with Crippen molar-refractivity contribution in [1.29, 1.82) is 0 Å². The first kappa shape index (κ1) is 23.3. The maximum absolute atomic E-state index is 13.5. The van der Waals surface area contributed by atoms with Crippen molar-refractivity contribution >= 4 is 35.2 Å². The Labute approximate surface area is 198 Å². The number of hydrogen-bond acceptors (Lipinski definition) is 6. The molecule has 174 valence electrons. The number of amides is 3. The molecule has 2 aliphatic rings. The van der Waals surface area contributed by atoms with E-state index in [9.17, 15) is 14.4 Å². The highest BCUT2D eigenvalue weighted by atomic mass is 32.2. The molecule has 1 aromatic heterocycles. The van der Waals surface area contributed by atoms with Gasteiger partial charge in [0.2, 0.25) is 17.7 Å². The minimum absolute atomic E-state index is 0.191. The normalized spacial score (nSPS) is 21.0. The van der Waals surface area contributed by atoms with Crippen molar-refractivity contribution in [3.63, 3.8) is 0 Å². The number of imide groups is 1. The van der Waals surface area contributed by atoms with Gasteiger partial charge in [-0.15, -0.1) is 0 Å². The third-order valence-corrected chi connectivity index (χ3v) is 7.20. The molecule has 2 aromatic rings. The first-order valence-corrected chi connectivity index (χ1v) is 12.7. The summed E-state index contributed by atoms with van der Waals surface area (Å²) in [6.07, 6.45) is 9.14. The quantitative estimate of drug-likeness (QED) is 0.591. The van der Waals surface area contributed by atoms with E-state index in [1.165, 1.54) is 4.90 Å². The summed E-state index contributed by atoms with van der Waals surface area (Å²) in [5.74, 6) is -0.127. The number of methoxy groups -OCH3 is 1. The molecule has 0 bridgehead atoms. The molecule has 0 radical (unpaired) electrons. The number of fused-ring (bicyclic) bond motifs is 1. The SMILES string of the molecule is COc1ccc(-c2ccncc2)cc1NC(=O)C(CCSC)N1C(=O)C2CCCCC2C1=O. The highest BCUT2D eigenvalue weighted by Gasteiger charge is 2.51. The average Bonchev–Trinajstić information content (AvgIpc) is 3.10. The molecule has 1 saturated carbocycles. The average molecular weight is 468 g/mol. The monoisotopic (exact) mass is 467 g/mol. The van der Waals surface area contributed by atoms with Gasteiger partial charge in [0.25, 0.3) is 0 Å². The number of thioether (sulfide) groups is 1. The predicted octanol–water partition coefficient (Wildman–Crippen LogP) is 3.99. The van der Waals surface area contributed by atoms with Crippen molar-refractivity contribution < 1.29 is 19.1 Å². The van der Waals surface area contributed by atoms with E-state index < -0.39 is 6.04 Å². The number of pyridine rings is 1. The standard InChI is InChI=1S/C25H29N3O4S/c1-32-22-8-7-17(16-9-12-26-13-10-16)15-20(22)27-23(29)21(11-14-33-2)28-24(30)18-5-3-4-6-19(18)25(28)31/h7-10,12-13,15,18-19,21H,3-6,11,14H2,1-2H3,(H,27,29). The maximum atomic E-state index is 13.5. The Kier molecular flexibility index (Phi) is 7.33. The van der Waals surface area contributed by atoms with Gasteiger partial charge in [-0.25, -0.2) is 0 Å². The Bertz CT molecular complexity index is 1010. The maximum Gasteiger partial charge on any atom is 0.247 e. The first-order chi connectivity index (χ1) is 16.0. The lowest BCUT2D eigenvalue weighted by Crippen LogP contribution is -2.48. The number of carbonyl (C=O) groups is 3. The molecule has 1 aliphatic heterocycles. The summed E-state index contributed by atoms with van der Waals surface area (Å²) in [7, 11) is 1.54. The first-order valence-electron chi connectivity index (χ1n) is 11.3. The van der Waals surface area contributed by atoms with E-state index in [-0.39, 0.29) is 29.6 Å². The van der Waals surface area contributed by atoms with Crippen molar-refractivity contribution in [2.24, 2.45) is 11.8 Å². The van der Waals surface area contributed by atoms with Crippen LogP contribution in [0.2, 0.25) is 0 Å². The molecule has 33 heavy (non-hydrogen) atoms. The zero-order chi connectivity index (χ0) is 23.4. The largest absolute Gasteiger partial charge is 0.495 e. The van der Waals surface area contributed by atoms with Gasteiger partial charge in [-0.3, -0.25) is 24.3 Å². The molecule has 1 saturated heterocycles. The second kappa shape index (κ2) is 10.4. The van der Waals surface area contributed by atoms with Gasteiger partial charge in [-0.1, -0.05) is 18.9 Å². The molecule has 0 spiro atoms. The van der Waals surface area contributed by atoms with Gasteiger partial charge in [0.1, 0.15) is 11.8 Å². The summed E-state index contributed by atoms with van der Waals surface area (Å²) in [6, 6.07) is 8.48. The topological polar surface area (TPSA) is 88.6 Å². The van der Waals surface area contributed by atoms with E-state index >= 15 is 0 Å². The summed E-state index contributed by atoms with van der Waals surface area (Å²) in [6.45, 7) is 0. The Morgan fingerprint density at radius 2 is 1.79 bits per heavy atom. The molecular formula is C25H29N3O4S. The molecule has 1 aromatic carbocycles. The van der Waals surface area contributed by atoms with Crippen LogP contribution in [0.4, 0.5) is 5.69 Å². The molecule has 3 amide bonds. The molecule has 8 heteroatoms. The number of ether oxygens (including phenoxy) is 1. The zero-order valence-electron chi connectivity index (χ0n) is 19.0. The number of hydrogen-bond donors (Lipinski definition) is 1. The van der Waals surface area contributed by atoms with E-state index in [4.69, 9.17) is 4.74 Å². The number of rotatable bonds is 8. The lowest BCUT2D eigenvalue weighted by atomic mass is 9.81. The lowest BCUT2D eigenvalue weighted by molar-refractivity contribution is -0.146.